The topological polar surface area (TPSA) is 105 Å². The monoisotopic (exact) mass is 426 g/mol. The number of ether oxygens (including phenoxy) is 1. The van der Waals surface area contributed by atoms with E-state index >= 15 is 0 Å². The van der Waals surface area contributed by atoms with Gasteiger partial charge in [0.05, 0.1) is 18.3 Å². The molecule has 3 aromatic heterocycles. The second kappa shape index (κ2) is 7.92. The van der Waals surface area contributed by atoms with Crippen LogP contribution in [0.3, 0.4) is 0 Å². The van der Waals surface area contributed by atoms with Crippen LogP contribution in [0, 0.1) is 13.8 Å². The second-order valence-corrected chi connectivity index (χ2v) is 8.08. The number of anilines is 3. The number of rotatable bonds is 6. The van der Waals surface area contributed by atoms with Gasteiger partial charge in [-0.05, 0) is 62.6 Å². The zero-order valence-corrected chi connectivity index (χ0v) is 18.4. The smallest absolute Gasteiger partial charge is 0.222 e. The Balaban J connectivity index is 1.40. The van der Waals surface area contributed by atoms with E-state index in [9.17, 15) is 0 Å². The Bertz CT molecular complexity index is 1430. The summed E-state index contributed by atoms with van der Waals surface area (Å²) in [6.45, 7) is 4.09. The van der Waals surface area contributed by atoms with Crippen molar-refractivity contribution < 1.29 is 4.74 Å². The largest absolute Gasteiger partial charge is 0.495 e. The molecule has 5 N–H and O–H groups in total. The quantitative estimate of drug-likeness (QED) is 0.300. The van der Waals surface area contributed by atoms with Gasteiger partial charge in [-0.1, -0.05) is 12.1 Å². The van der Waals surface area contributed by atoms with E-state index in [-0.39, 0.29) is 5.95 Å². The number of H-pyrrole nitrogens is 2. The third kappa shape index (κ3) is 3.62. The summed E-state index contributed by atoms with van der Waals surface area (Å²) in [7, 11) is 1.69. The molecule has 0 fully saturated rings. The molecule has 0 bridgehead atoms. The van der Waals surface area contributed by atoms with E-state index in [1.54, 1.807) is 7.11 Å². The van der Waals surface area contributed by atoms with E-state index in [0.29, 0.717) is 0 Å². The van der Waals surface area contributed by atoms with Crippen LogP contribution in [0.1, 0.15) is 22.5 Å². The highest BCUT2D eigenvalue weighted by atomic mass is 16.5. The number of nitrogen functional groups attached to an aromatic ring is 1. The molecule has 5 rings (SSSR count). The molecule has 0 unspecified atom stereocenters. The van der Waals surface area contributed by atoms with Crippen molar-refractivity contribution in [2.45, 2.75) is 26.7 Å². The summed E-state index contributed by atoms with van der Waals surface area (Å²) in [5.74, 6) is 1.85. The number of nitrogens with one attached hydrogen (secondary N) is 3. The highest BCUT2D eigenvalue weighted by Gasteiger charge is 2.13. The minimum atomic E-state index is 0.271. The molecule has 0 spiro atoms. The molecule has 0 aliphatic rings. The maximum atomic E-state index is 6.06. The van der Waals surface area contributed by atoms with Gasteiger partial charge in [0, 0.05) is 39.4 Å². The minimum Gasteiger partial charge on any atom is -0.495 e. The highest BCUT2D eigenvalue weighted by molar-refractivity contribution is 5.88. The van der Waals surface area contributed by atoms with Crippen LogP contribution in [0.2, 0.25) is 0 Å². The maximum Gasteiger partial charge on any atom is 0.222 e. The molecule has 7 heteroatoms. The van der Waals surface area contributed by atoms with Crippen LogP contribution in [0.5, 0.6) is 5.75 Å². The summed E-state index contributed by atoms with van der Waals surface area (Å²) < 4.78 is 5.46. The van der Waals surface area contributed by atoms with Crippen molar-refractivity contribution in [3.8, 4) is 5.75 Å². The lowest BCUT2D eigenvalue weighted by molar-refractivity contribution is 0.419. The fourth-order valence-corrected chi connectivity index (χ4v) is 4.25. The number of nitrogens with two attached hydrogens (primary N) is 1. The summed E-state index contributed by atoms with van der Waals surface area (Å²) in [6.07, 6.45) is 3.63. The second-order valence-electron chi connectivity index (χ2n) is 8.08. The van der Waals surface area contributed by atoms with Gasteiger partial charge >= 0.3 is 0 Å². The van der Waals surface area contributed by atoms with E-state index < -0.39 is 0 Å². The Hall–Kier alpha value is -4.00. The van der Waals surface area contributed by atoms with E-state index in [1.807, 2.05) is 31.3 Å². The van der Waals surface area contributed by atoms with Crippen LogP contribution in [0.4, 0.5) is 17.5 Å². The first-order chi connectivity index (χ1) is 15.5. The van der Waals surface area contributed by atoms with Crippen molar-refractivity contribution in [2.24, 2.45) is 0 Å². The number of fused-ring (bicyclic) bond motifs is 2. The van der Waals surface area contributed by atoms with Gasteiger partial charge in [-0.3, -0.25) is 0 Å². The van der Waals surface area contributed by atoms with Gasteiger partial charge in [-0.2, -0.15) is 4.98 Å². The molecule has 162 valence electrons. The Labute approximate surface area is 186 Å². The molecule has 5 aromatic rings. The number of aromatic nitrogens is 4. The van der Waals surface area contributed by atoms with Crippen molar-refractivity contribution in [1.82, 2.24) is 19.9 Å². The standard InChI is InChI=1S/C25H26N6O/c1-14-11-17-12-18(8-10-21(17)28-14)29-24-15(2)20(30-25(26)31-24)9-7-16-13-27-23-19(16)5-4-6-22(23)32-3/h4-6,8,10-13,27-28H,7,9H2,1-3H3,(H3,26,29,30,31). The summed E-state index contributed by atoms with van der Waals surface area (Å²) >= 11 is 0. The van der Waals surface area contributed by atoms with E-state index in [2.05, 4.69) is 56.4 Å². The van der Waals surface area contributed by atoms with Gasteiger partial charge in [0.25, 0.3) is 0 Å². The van der Waals surface area contributed by atoms with Crippen LogP contribution in [0.15, 0.2) is 48.7 Å². The number of benzene rings is 2. The van der Waals surface area contributed by atoms with E-state index in [0.717, 1.165) is 68.9 Å². The average Bonchev–Trinajstić information content (AvgIpc) is 3.36. The third-order valence-corrected chi connectivity index (χ3v) is 5.90. The van der Waals surface area contributed by atoms with Crippen molar-refractivity contribution in [2.75, 3.05) is 18.2 Å². The predicted octanol–water partition coefficient (Wildman–Crippen LogP) is 5.18. The van der Waals surface area contributed by atoms with Gasteiger partial charge < -0.3 is 25.8 Å². The molecule has 0 amide bonds. The molecule has 0 aliphatic carbocycles. The maximum absolute atomic E-state index is 6.06. The molecule has 0 radical (unpaired) electrons. The number of hydrogen-bond acceptors (Lipinski definition) is 5. The van der Waals surface area contributed by atoms with Crippen molar-refractivity contribution >= 4 is 39.3 Å². The molecule has 32 heavy (non-hydrogen) atoms. The number of hydrogen-bond donors (Lipinski definition) is 4. The van der Waals surface area contributed by atoms with Crippen LogP contribution >= 0.6 is 0 Å². The molecule has 0 atom stereocenters. The van der Waals surface area contributed by atoms with Crippen LogP contribution in [0.25, 0.3) is 21.8 Å². The lowest BCUT2D eigenvalue weighted by Crippen LogP contribution is -2.08. The van der Waals surface area contributed by atoms with Gasteiger partial charge in [0.1, 0.15) is 11.6 Å². The fourth-order valence-electron chi connectivity index (χ4n) is 4.25. The summed E-state index contributed by atoms with van der Waals surface area (Å²) in [4.78, 5) is 15.7. The molecule has 7 nitrogen and oxygen atoms in total. The summed E-state index contributed by atoms with van der Waals surface area (Å²) in [5.41, 5.74) is 13.5. The molecule has 3 heterocycles. The lowest BCUT2D eigenvalue weighted by atomic mass is 10.0. The zero-order chi connectivity index (χ0) is 22.2. The first-order valence-electron chi connectivity index (χ1n) is 10.6. The van der Waals surface area contributed by atoms with Crippen molar-refractivity contribution in [3.05, 3.63) is 71.2 Å². The van der Waals surface area contributed by atoms with E-state index in [4.69, 9.17) is 10.5 Å². The van der Waals surface area contributed by atoms with Gasteiger partial charge in [-0.25, -0.2) is 4.98 Å². The van der Waals surface area contributed by atoms with Crippen LogP contribution < -0.4 is 15.8 Å². The lowest BCUT2D eigenvalue weighted by Gasteiger charge is -2.13. The molecular formula is C25H26N6O. The molecule has 0 aliphatic heterocycles. The first-order valence-corrected chi connectivity index (χ1v) is 10.6. The third-order valence-electron chi connectivity index (χ3n) is 5.90. The predicted molar refractivity (Wildman–Crippen MR) is 130 cm³/mol. The number of methoxy groups -OCH3 is 1. The van der Waals surface area contributed by atoms with Gasteiger partial charge in [0.2, 0.25) is 5.95 Å². The zero-order valence-electron chi connectivity index (χ0n) is 18.4. The van der Waals surface area contributed by atoms with Crippen molar-refractivity contribution in [3.63, 3.8) is 0 Å². The van der Waals surface area contributed by atoms with Crippen LogP contribution in [-0.4, -0.2) is 27.0 Å². The average molecular weight is 427 g/mol. The number of aryl methyl sites for hydroxylation is 3. The number of para-hydroxylation sites is 1. The molecular weight excluding hydrogens is 400 g/mol. The summed E-state index contributed by atoms with van der Waals surface area (Å²) in [6, 6.07) is 14.4. The SMILES string of the molecule is COc1cccc2c(CCc3nc(N)nc(Nc4ccc5[nH]c(C)cc5c4)c3C)c[nH]c12. The Kier molecular flexibility index (Phi) is 4.93. The molecule has 2 aromatic carbocycles. The Morgan fingerprint density at radius 1 is 1.06 bits per heavy atom. The number of aromatic amines is 2. The summed E-state index contributed by atoms with van der Waals surface area (Å²) in [5, 5.41) is 5.74. The Morgan fingerprint density at radius 3 is 2.78 bits per heavy atom. The minimum absolute atomic E-state index is 0.271. The number of nitrogens with zero attached hydrogens (tertiary/aromatic N) is 2. The van der Waals surface area contributed by atoms with Gasteiger partial charge in [-0.15, -0.1) is 0 Å². The first kappa shape index (κ1) is 19.9. The highest BCUT2D eigenvalue weighted by Crippen LogP contribution is 2.29. The molecule has 0 saturated carbocycles. The fraction of sp³-hybridized carbons (Fsp3) is 0.200. The van der Waals surface area contributed by atoms with Gasteiger partial charge in [0.15, 0.2) is 0 Å². The normalized spacial score (nSPS) is 11.3. The van der Waals surface area contributed by atoms with Crippen LogP contribution in [-0.2, 0) is 12.8 Å². The van der Waals surface area contributed by atoms with Crippen molar-refractivity contribution in [1.29, 1.82) is 0 Å². The van der Waals surface area contributed by atoms with E-state index in [1.165, 1.54) is 5.56 Å². The molecule has 0 saturated heterocycles. The Morgan fingerprint density at radius 2 is 1.94 bits per heavy atom.